The summed E-state index contributed by atoms with van der Waals surface area (Å²) in [5, 5.41) is 3.59. The molecular weight excluding hydrogens is 238 g/mol. The molecule has 1 aromatic rings. The Morgan fingerprint density at radius 1 is 1.41 bits per heavy atom. The lowest BCUT2D eigenvalue weighted by molar-refractivity contribution is 0.269. The van der Waals surface area contributed by atoms with Crippen LogP contribution in [0.5, 0.6) is 5.75 Å². The van der Waals surface area contributed by atoms with Crippen LogP contribution in [-0.2, 0) is 0 Å². The predicted molar refractivity (Wildman–Crippen MR) is 70.7 cm³/mol. The van der Waals surface area contributed by atoms with Gasteiger partial charge in [-0.25, -0.2) is 9.97 Å². The number of halogens is 1. The van der Waals surface area contributed by atoms with E-state index in [9.17, 15) is 0 Å². The molecule has 4 nitrogen and oxygen atoms in total. The van der Waals surface area contributed by atoms with Crippen molar-refractivity contribution in [1.29, 1.82) is 0 Å². The van der Waals surface area contributed by atoms with Gasteiger partial charge in [-0.1, -0.05) is 39.3 Å². The summed E-state index contributed by atoms with van der Waals surface area (Å²) in [4.78, 5) is 8.02. The van der Waals surface area contributed by atoms with E-state index in [0.29, 0.717) is 22.6 Å². The molecule has 1 heterocycles. The van der Waals surface area contributed by atoms with E-state index in [2.05, 4.69) is 43.0 Å². The van der Waals surface area contributed by atoms with Crippen LogP contribution in [0.15, 0.2) is 6.33 Å². The summed E-state index contributed by atoms with van der Waals surface area (Å²) in [7, 11) is 1.56. The van der Waals surface area contributed by atoms with Gasteiger partial charge >= 0.3 is 0 Å². The molecule has 0 saturated heterocycles. The molecule has 0 aliphatic carbocycles. The van der Waals surface area contributed by atoms with Gasteiger partial charge in [-0.2, -0.15) is 0 Å². The van der Waals surface area contributed by atoms with Crippen molar-refractivity contribution in [3.8, 4) is 5.75 Å². The first-order valence-electron chi connectivity index (χ1n) is 5.67. The van der Waals surface area contributed by atoms with Gasteiger partial charge in [0.25, 0.3) is 0 Å². The highest BCUT2D eigenvalue weighted by molar-refractivity contribution is 6.31. The van der Waals surface area contributed by atoms with Crippen molar-refractivity contribution in [1.82, 2.24) is 9.97 Å². The molecule has 0 saturated carbocycles. The Hall–Kier alpha value is -1.03. The fraction of sp³-hybridized carbons (Fsp3) is 0.667. The molecule has 96 valence electrons. The molecule has 1 aromatic heterocycles. The van der Waals surface area contributed by atoms with E-state index in [4.69, 9.17) is 16.3 Å². The lowest BCUT2D eigenvalue weighted by Crippen LogP contribution is -2.29. The Labute approximate surface area is 108 Å². The number of aromatic nitrogens is 2. The van der Waals surface area contributed by atoms with Gasteiger partial charge < -0.3 is 10.1 Å². The summed E-state index contributed by atoms with van der Waals surface area (Å²) in [5.41, 5.74) is 0.169. The Bertz CT molecular complexity index is 380. The fourth-order valence-corrected chi connectivity index (χ4v) is 1.39. The first-order valence-corrected chi connectivity index (χ1v) is 6.04. The van der Waals surface area contributed by atoms with E-state index >= 15 is 0 Å². The molecule has 0 unspecified atom stereocenters. The summed E-state index contributed by atoms with van der Waals surface area (Å²) in [6, 6.07) is 0. The molecule has 0 bridgehead atoms. The van der Waals surface area contributed by atoms with Crippen LogP contribution < -0.4 is 10.1 Å². The number of hydrogen-bond donors (Lipinski definition) is 1. The van der Waals surface area contributed by atoms with Crippen LogP contribution in [0.25, 0.3) is 0 Å². The largest absolute Gasteiger partial charge is 0.490 e. The van der Waals surface area contributed by atoms with E-state index < -0.39 is 0 Å². The van der Waals surface area contributed by atoms with E-state index in [-0.39, 0.29) is 5.41 Å². The van der Waals surface area contributed by atoms with E-state index in [1.54, 1.807) is 7.11 Å². The molecule has 0 fully saturated rings. The average Bonchev–Trinajstić information content (AvgIpc) is 2.26. The third kappa shape index (κ3) is 3.46. The summed E-state index contributed by atoms with van der Waals surface area (Å²) in [6.07, 6.45) is 1.43. The third-order valence-electron chi connectivity index (χ3n) is 3.24. The predicted octanol–water partition coefficient (Wildman–Crippen LogP) is 3.23. The number of rotatable bonds is 5. The highest BCUT2D eigenvalue weighted by atomic mass is 35.5. The minimum atomic E-state index is 0.169. The minimum absolute atomic E-state index is 0.169. The molecular formula is C12H20ClN3O. The maximum atomic E-state index is 5.93. The topological polar surface area (TPSA) is 47.0 Å². The summed E-state index contributed by atoms with van der Waals surface area (Å²) >= 11 is 5.93. The lowest BCUT2D eigenvalue weighted by Gasteiger charge is -2.29. The maximum absolute atomic E-state index is 5.93. The van der Waals surface area contributed by atoms with E-state index in [0.717, 1.165) is 6.54 Å². The summed E-state index contributed by atoms with van der Waals surface area (Å²) in [5.74, 6) is 1.70. The SMILES string of the molecule is COc1c(Cl)ncnc1NCC(C)(C)C(C)C. The molecule has 0 radical (unpaired) electrons. The number of methoxy groups -OCH3 is 1. The number of nitrogens with zero attached hydrogens (tertiary/aromatic N) is 2. The smallest absolute Gasteiger partial charge is 0.198 e. The van der Waals surface area contributed by atoms with Crippen molar-refractivity contribution >= 4 is 17.4 Å². The first kappa shape index (κ1) is 14.0. The lowest BCUT2D eigenvalue weighted by atomic mass is 9.81. The second kappa shape index (κ2) is 5.54. The van der Waals surface area contributed by atoms with Crippen LogP contribution in [0.2, 0.25) is 5.15 Å². The van der Waals surface area contributed by atoms with Crippen molar-refractivity contribution in [2.45, 2.75) is 27.7 Å². The van der Waals surface area contributed by atoms with Gasteiger partial charge in [0.15, 0.2) is 16.7 Å². The van der Waals surface area contributed by atoms with Gasteiger partial charge in [0.2, 0.25) is 0 Å². The van der Waals surface area contributed by atoms with Gasteiger partial charge in [0.05, 0.1) is 7.11 Å². The molecule has 0 atom stereocenters. The molecule has 17 heavy (non-hydrogen) atoms. The molecule has 0 aromatic carbocycles. The average molecular weight is 258 g/mol. The Morgan fingerprint density at radius 3 is 2.59 bits per heavy atom. The molecule has 5 heteroatoms. The number of hydrogen-bond acceptors (Lipinski definition) is 4. The van der Waals surface area contributed by atoms with Crippen molar-refractivity contribution < 1.29 is 4.74 Å². The molecule has 0 aliphatic heterocycles. The van der Waals surface area contributed by atoms with Crippen LogP contribution in [0.1, 0.15) is 27.7 Å². The third-order valence-corrected chi connectivity index (χ3v) is 3.51. The summed E-state index contributed by atoms with van der Waals surface area (Å²) < 4.78 is 5.18. The van der Waals surface area contributed by atoms with Crippen molar-refractivity contribution in [2.24, 2.45) is 11.3 Å². The van der Waals surface area contributed by atoms with Crippen LogP contribution in [0.4, 0.5) is 5.82 Å². The monoisotopic (exact) mass is 257 g/mol. The van der Waals surface area contributed by atoms with Crippen LogP contribution in [0.3, 0.4) is 0 Å². The Balaban J connectivity index is 2.79. The molecule has 0 amide bonds. The molecule has 0 spiro atoms. The maximum Gasteiger partial charge on any atom is 0.198 e. The number of nitrogens with one attached hydrogen (secondary N) is 1. The van der Waals surface area contributed by atoms with Gasteiger partial charge in [-0.15, -0.1) is 0 Å². The Morgan fingerprint density at radius 2 is 2.06 bits per heavy atom. The van der Waals surface area contributed by atoms with Crippen molar-refractivity contribution in [3.05, 3.63) is 11.5 Å². The van der Waals surface area contributed by atoms with Gasteiger partial charge in [-0.3, -0.25) is 0 Å². The quantitative estimate of drug-likeness (QED) is 0.823. The van der Waals surface area contributed by atoms with Crippen LogP contribution >= 0.6 is 11.6 Å². The van der Waals surface area contributed by atoms with Crippen molar-refractivity contribution in [3.63, 3.8) is 0 Å². The molecule has 1 rings (SSSR count). The fourth-order valence-electron chi connectivity index (χ4n) is 1.17. The number of anilines is 1. The van der Waals surface area contributed by atoms with E-state index in [1.807, 2.05) is 0 Å². The second-order valence-electron chi connectivity index (χ2n) is 5.04. The zero-order valence-corrected chi connectivity index (χ0v) is 11.8. The van der Waals surface area contributed by atoms with Crippen LogP contribution in [-0.4, -0.2) is 23.6 Å². The second-order valence-corrected chi connectivity index (χ2v) is 5.40. The van der Waals surface area contributed by atoms with Crippen LogP contribution in [0, 0.1) is 11.3 Å². The van der Waals surface area contributed by atoms with E-state index in [1.165, 1.54) is 6.33 Å². The normalized spacial score (nSPS) is 11.7. The van der Waals surface area contributed by atoms with Crippen molar-refractivity contribution in [2.75, 3.05) is 19.0 Å². The summed E-state index contributed by atoms with van der Waals surface area (Å²) in [6.45, 7) is 9.62. The first-order chi connectivity index (χ1) is 7.88. The number of ether oxygens (including phenoxy) is 1. The zero-order chi connectivity index (χ0) is 13.1. The minimum Gasteiger partial charge on any atom is -0.490 e. The molecule has 1 N–H and O–H groups in total. The van der Waals surface area contributed by atoms with Gasteiger partial charge in [-0.05, 0) is 11.3 Å². The van der Waals surface area contributed by atoms with Gasteiger partial charge in [0.1, 0.15) is 6.33 Å². The highest BCUT2D eigenvalue weighted by Crippen LogP contribution is 2.31. The Kier molecular flexibility index (Phi) is 4.57. The standard InChI is InChI=1S/C12H20ClN3O/c1-8(2)12(3,4)6-14-11-9(17-5)10(13)15-7-16-11/h7-8H,6H2,1-5H3,(H,14,15,16). The molecule has 0 aliphatic rings. The van der Waals surface area contributed by atoms with Gasteiger partial charge in [0, 0.05) is 6.54 Å². The highest BCUT2D eigenvalue weighted by Gasteiger charge is 2.23. The zero-order valence-electron chi connectivity index (χ0n) is 11.0.